The van der Waals surface area contributed by atoms with Gasteiger partial charge >= 0.3 is 6.08 Å². The Hall–Kier alpha value is -2.50. The van der Waals surface area contributed by atoms with Crippen molar-refractivity contribution in [2.45, 2.75) is 12.3 Å². The van der Waals surface area contributed by atoms with Gasteiger partial charge < -0.3 is 15.6 Å². The highest BCUT2D eigenvalue weighted by atomic mass is 19.1. The second-order valence-electron chi connectivity index (χ2n) is 3.83. The van der Waals surface area contributed by atoms with E-state index in [9.17, 15) is 4.39 Å². The molecular weight excluding hydrogens is 265 g/mol. The van der Waals surface area contributed by atoms with Crippen LogP contribution in [0, 0.1) is 18.9 Å². The summed E-state index contributed by atoms with van der Waals surface area (Å²) in [4.78, 5) is 11.1. The molecule has 0 radical (unpaired) electrons. The van der Waals surface area contributed by atoms with Crippen LogP contribution in [0.3, 0.4) is 0 Å². The highest BCUT2D eigenvalue weighted by Crippen LogP contribution is 2.25. The third kappa shape index (κ3) is 2.32. The zero-order valence-corrected chi connectivity index (χ0v) is 10.3. The fraction of sp³-hybridized carbons (Fsp3) is 0.250. The van der Waals surface area contributed by atoms with Gasteiger partial charge in [0.15, 0.2) is 23.2 Å². The molecular formula is C12H12FN5O2. The van der Waals surface area contributed by atoms with Gasteiger partial charge in [0, 0.05) is 0 Å². The zero-order chi connectivity index (χ0) is 14.7. The van der Waals surface area contributed by atoms with Gasteiger partial charge in [-0.05, 0) is 6.08 Å². The summed E-state index contributed by atoms with van der Waals surface area (Å²) in [5, 5.41) is 8.98. The van der Waals surface area contributed by atoms with Crippen molar-refractivity contribution in [3.05, 3.63) is 24.6 Å². The molecule has 0 fully saturated rings. The lowest BCUT2D eigenvalue weighted by Crippen LogP contribution is -2.15. The van der Waals surface area contributed by atoms with Crippen LogP contribution in [0.25, 0.3) is 11.2 Å². The summed E-state index contributed by atoms with van der Waals surface area (Å²) in [6.07, 6.45) is 11.1. The summed E-state index contributed by atoms with van der Waals surface area (Å²) < 4.78 is 20.2. The largest absolute Gasteiger partial charge is 0.393 e. The van der Waals surface area contributed by atoms with Crippen molar-refractivity contribution >= 4 is 17.0 Å². The Kier molecular flexibility index (Phi) is 3.93. The quantitative estimate of drug-likeness (QED) is 0.463. The lowest BCUT2D eigenvalue weighted by molar-refractivity contribution is -0.00642. The summed E-state index contributed by atoms with van der Waals surface area (Å²) in [5.74, 6) is -0.0167. The van der Waals surface area contributed by atoms with Gasteiger partial charge in [-0.2, -0.15) is 14.4 Å². The molecule has 2 unspecified atom stereocenters. The van der Waals surface area contributed by atoms with E-state index in [1.807, 2.05) is 0 Å². The van der Waals surface area contributed by atoms with Crippen LogP contribution in [0.4, 0.5) is 10.2 Å². The molecule has 1 aliphatic heterocycles. The SMILES string of the molecule is C#C.Nc1nc(F)nc2c1ncn2C1C=CC(CO)O1. The first-order chi connectivity index (χ1) is 9.69. The number of nitrogens with zero attached hydrogens (tertiary/aromatic N) is 4. The molecule has 0 saturated heterocycles. The molecule has 2 atom stereocenters. The number of aliphatic hydroxyl groups is 1. The van der Waals surface area contributed by atoms with Crippen LogP contribution in [0.2, 0.25) is 0 Å². The number of halogens is 1. The van der Waals surface area contributed by atoms with E-state index in [1.165, 1.54) is 10.9 Å². The molecule has 1 aliphatic rings. The number of hydrogen-bond donors (Lipinski definition) is 2. The molecule has 20 heavy (non-hydrogen) atoms. The van der Waals surface area contributed by atoms with Gasteiger partial charge in [-0.3, -0.25) is 4.57 Å². The minimum atomic E-state index is -0.914. The number of nitrogens with two attached hydrogens (primary N) is 1. The predicted octanol–water partition coefficient (Wildman–Crippen LogP) is 0.243. The molecule has 3 heterocycles. The number of anilines is 1. The number of ether oxygens (including phenoxy) is 1. The molecule has 104 valence electrons. The van der Waals surface area contributed by atoms with E-state index in [4.69, 9.17) is 15.6 Å². The summed E-state index contributed by atoms with van der Waals surface area (Å²) >= 11 is 0. The second-order valence-corrected chi connectivity index (χ2v) is 3.83. The number of nitrogen functional groups attached to an aromatic ring is 1. The lowest BCUT2D eigenvalue weighted by Gasteiger charge is -2.13. The topological polar surface area (TPSA) is 99.1 Å². The fourth-order valence-electron chi connectivity index (χ4n) is 1.85. The molecule has 2 aromatic heterocycles. The average Bonchev–Trinajstić information content (AvgIpc) is 3.06. The van der Waals surface area contributed by atoms with Crippen LogP contribution in [-0.2, 0) is 4.74 Å². The minimum Gasteiger partial charge on any atom is -0.393 e. The van der Waals surface area contributed by atoms with Crippen LogP contribution >= 0.6 is 0 Å². The molecule has 8 heteroatoms. The predicted molar refractivity (Wildman–Crippen MR) is 69.7 cm³/mol. The Bertz CT molecular complexity index is 666. The van der Waals surface area contributed by atoms with E-state index in [0.29, 0.717) is 5.52 Å². The first-order valence-corrected chi connectivity index (χ1v) is 5.62. The zero-order valence-electron chi connectivity index (χ0n) is 10.3. The number of terminal acetylenes is 1. The molecule has 0 saturated carbocycles. The smallest absolute Gasteiger partial charge is 0.312 e. The normalized spacial score (nSPS) is 20.8. The van der Waals surface area contributed by atoms with Gasteiger partial charge in [0.05, 0.1) is 12.9 Å². The van der Waals surface area contributed by atoms with Gasteiger partial charge in [0.1, 0.15) is 6.10 Å². The van der Waals surface area contributed by atoms with Crippen molar-refractivity contribution < 1.29 is 14.2 Å². The lowest BCUT2D eigenvalue weighted by atomic mass is 10.4. The first kappa shape index (κ1) is 13.9. The minimum absolute atomic E-state index is 0.0167. The molecule has 0 aliphatic carbocycles. The fourth-order valence-corrected chi connectivity index (χ4v) is 1.85. The Morgan fingerprint density at radius 1 is 1.40 bits per heavy atom. The third-order valence-electron chi connectivity index (χ3n) is 2.68. The molecule has 3 rings (SSSR count). The number of hydrogen-bond acceptors (Lipinski definition) is 6. The Morgan fingerprint density at radius 3 is 2.80 bits per heavy atom. The third-order valence-corrected chi connectivity index (χ3v) is 2.68. The summed E-state index contributed by atoms with van der Waals surface area (Å²) in [6, 6.07) is 0. The maximum Gasteiger partial charge on any atom is 0.312 e. The van der Waals surface area contributed by atoms with E-state index in [0.717, 1.165) is 0 Å². The van der Waals surface area contributed by atoms with E-state index < -0.39 is 12.3 Å². The van der Waals surface area contributed by atoms with Crippen molar-refractivity contribution in [1.82, 2.24) is 19.5 Å². The van der Waals surface area contributed by atoms with E-state index in [1.54, 1.807) is 12.2 Å². The first-order valence-electron chi connectivity index (χ1n) is 5.62. The van der Waals surface area contributed by atoms with Crippen LogP contribution in [-0.4, -0.2) is 37.3 Å². The van der Waals surface area contributed by atoms with E-state index in [2.05, 4.69) is 27.8 Å². The van der Waals surface area contributed by atoms with E-state index in [-0.39, 0.29) is 24.2 Å². The van der Waals surface area contributed by atoms with Crippen LogP contribution in [0.15, 0.2) is 18.5 Å². The Morgan fingerprint density at radius 2 is 2.15 bits per heavy atom. The Balaban J connectivity index is 0.000000704. The molecule has 0 amide bonds. The van der Waals surface area contributed by atoms with Crippen molar-refractivity contribution in [3.8, 4) is 12.8 Å². The highest BCUT2D eigenvalue weighted by molar-refractivity contribution is 5.81. The molecule has 3 N–H and O–H groups in total. The average molecular weight is 277 g/mol. The molecule has 2 aromatic rings. The number of aliphatic hydroxyl groups excluding tert-OH is 1. The van der Waals surface area contributed by atoms with Crippen molar-refractivity contribution in [2.75, 3.05) is 12.3 Å². The van der Waals surface area contributed by atoms with Gasteiger partial charge in [-0.15, -0.1) is 12.8 Å². The van der Waals surface area contributed by atoms with Crippen LogP contribution in [0.5, 0.6) is 0 Å². The number of rotatable bonds is 2. The summed E-state index contributed by atoms with van der Waals surface area (Å²) in [7, 11) is 0. The number of aromatic nitrogens is 4. The van der Waals surface area contributed by atoms with Gasteiger partial charge in [-0.1, -0.05) is 6.08 Å². The van der Waals surface area contributed by atoms with Crippen LogP contribution in [0.1, 0.15) is 6.23 Å². The van der Waals surface area contributed by atoms with Crippen LogP contribution < -0.4 is 5.73 Å². The van der Waals surface area contributed by atoms with Crippen molar-refractivity contribution in [1.29, 1.82) is 0 Å². The molecule has 0 spiro atoms. The monoisotopic (exact) mass is 277 g/mol. The van der Waals surface area contributed by atoms with E-state index >= 15 is 0 Å². The maximum atomic E-state index is 13.1. The van der Waals surface area contributed by atoms with Gasteiger partial charge in [-0.25, -0.2) is 4.98 Å². The summed E-state index contributed by atoms with van der Waals surface area (Å²) in [6.45, 7) is -0.120. The standard InChI is InChI=1S/C10H10FN5O2.C2H2/c11-10-14-8(12)7-9(15-10)16(4-13-7)6-2-1-5(3-17)18-6;1-2/h1-2,4-6,17H,3H2,(H2,12,14,15);1-2H. The Labute approximate surface area is 113 Å². The summed E-state index contributed by atoms with van der Waals surface area (Å²) in [5.41, 5.74) is 6.13. The molecule has 0 aromatic carbocycles. The van der Waals surface area contributed by atoms with Gasteiger partial charge in [0.25, 0.3) is 0 Å². The number of imidazole rings is 1. The van der Waals surface area contributed by atoms with Crippen molar-refractivity contribution in [3.63, 3.8) is 0 Å². The second kappa shape index (κ2) is 5.64. The highest BCUT2D eigenvalue weighted by Gasteiger charge is 2.23. The van der Waals surface area contributed by atoms with Gasteiger partial charge in [0.2, 0.25) is 0 Å². The maximum absolute atomic E-state index is 13.1. The molecule has 0 bridgehead atoms. The van der Waals surface area contributed by atoms with Crippen molar-refractivity contribution in [2.24, 2.45) is 0 Å². The number of fused-ring (bicyclic) bond motifs is 1. The molecule has 7 nitrogen and oxygen atoms in total.